The van der Waals surface area contributed by atoms with E-state index in [1.54, 1.807) is 0 Å². The smallest absolute Gasteiger partial charge is 0.0723 e. The third kappa shape index (κ3) is 8.31. The standard InChI is InChI=1S/C13H26O/c1-5-7-13(14)10-12(4)9-6-8-11(2)3/h5,7,11-14H,6,8-10H2,1-4H3. The molecule has 0 amide bonds. The van der Waals surface area contributed by atoms with Crippen molar-refractivity contribution in [2.45, 2.75) is 59.5 Å². The van der Waals surface area contributed by atoms with E-state index in [9.17, 15) is 5.11 Å². The molecule has 0 rings (SSSR count). The van der Waals surface area contributed by atoms with Gasteiger partial charge < -0.3 is 5.11 Å². The van der Waals surface area contributed by atoms with Gasteiger partial charge in [-0.15, -0.1) is 0 Å². The Morgan fingerprint density at radius 1 is 1.14 bits per heavy atom. The number of allylic oxidation sites excluding steroid dienone is 1. The quantitative estimate of drug-likeness (QED) is 0.617. The monoisotopic (exact) mass is 198 g/mol. The summed E-state index contributed by atoms with van der Waals surface area (Å²) in [4.78, 5) is 0. The van der Waals surface area contributed by atoms with Crippen LogP contribution in [0.25, 0.3) is 0 Å². The zero-order valence-corrected chi connectivity index (χ0v) is 10.2. The molecule has 0 spiro atoms. The number of aliphatic hydroxyl groups is 1. The predicted octanol–water partition coefficient (Wildman–Crippen LogP) is 3.78. The normalized spacial score (nSPS) is 16.4. The van der Waals surface area contributed by atoms with E-state index in [1.807, 2.05) is 19.1 Å². The highest BCUT2D eigenvalue weighted by Crippen LogP contribution is 2.17. The molecule has 14 heavy (non-hydrogen) atoms. The van der Waals surface area contributed by atoms with Gasteiger partial charge in [-0.25, -0.2) is 0 Å². The second-order valence-electron chi connectivity index (χ2n) is 4.76. The van der Waals surface area contributed by atoms with Crippen molar-refractivity contribution in [1.82, 2.24) is 0 Å². The van der Waals surface area contributed by atoms with Gasteiger partial charge in [0.15, 0.2) is 0 Å². The van der Waals surface area contributed by atoms with Crippen LogP contribution >= 0.6 is 0 Å². The summed E-state index contributed by atoms with van der Waals surface area (Å²) in [6.07, 6.45) is 8.31. The summed E-state index contributed by atoms with van der Waals surface area (Å²) in [5.74, 6) is 1.45. The Morgan fingerprint density at radius 2 is 1.79 bits per heavy atom. The minimum absolute atomic E-state index is 0.242. The maximum absolute atomic E-state index is 9.54. The molecule has 0 bridgehead atoms. The van der Waals surface area contributed by atoms with Crippen molar-refractivity contribution in [2.24, 2.45) is 11.8 Å². The molecule has 2 unspecified atom stereocenters. The number of hydrogen-bond donors (Lipinski definition) is 1. The van der Waals surface area contributed by atoms with Gasteiger partial charge in [0.1, 0.15) is 0 Å². The Kier molecular flexibility index (Phi) is 7.87. The van der Waals surface area contributed by atoms with Crippen molar-refractivity contribution < 1.29 is 5.11 Å². The Bertz CT molecular complexity index is 149. The van der Waals surface area contributed by atoms with Crippen molar-refractivity contribution in [1.29, 1.82) is 0 Å². The Morgan fingerprint density at radius 3 is 2.29 bits per heavy atom. The van der Waals surface area contributed by atoms with E-state index in [-0.39, 0.29) is 6.10 Å². The molecular formula is C13H26O. The molecule has 1 heteroatoms. The zero-order chi connectivity index (χ0) is 11.0. The van der Waals surface area contributed by atoms with Gasteiger partial charge in [-0.1, -0.05) is 52.2 Å². The number of aliphatic hydroxyl groups excluding tert-OH is 1. The van der Waals surface area contributed by atoms with Crippen LogP contribution in [-0.2, 0) is 0 Å². The zero-order valence-electron chi connectivity index (χ0n) is 10.2. The van der Waals surface area contributed by atoms with Crippen LogP contribution in [0.15, 0.2) is 12.2 Å². The molecule has 0 saturated carbocycles. The molecule has 84 valence electrons. The molecule has 0 radical (unpaired) electrons. The number of rotatable bonds is 7. The summed E-state index contributed by atoms with van der Waals surface area (Å²) >= 11 is 0. The van der Waals surface area contributed by atoms with Crippen LogP contribution in [-0.4, -0.2) is 11.2 Å². The van der Waals surface area contributed by atoms with E-state index < -0.39 is 0 Å². The Hall–Kier alpha value is -0.300. The van der Waals surface area contributed by atoms with E-state index in [1.165, 1.54) is 19.3 Å². The van der Waals surface area contributed by atoms with E-state index >= 15 is 0 Å². The van der Waals surface area contributed by atoms with Crippen molar-refractivity contribution in [3.8, 4) is 0 Å². The Balaban J connectivity index is 3.49. The number of hydrogen-bond acceptors (Lipinski definition) is 1. The van der Waals surface area contributed by atoms with Crippen LogP contribution in [0.2, 0.25) is 0 Å². The molecule has 0 aromatic heterocycles. The van der Waals surface area contributed by atoms with Gasteiger partial charge in [-0.3, -0.25) is 0 Å². The highest BCUT2D eigenvalue weighted by Gasteiger charge is 2.07. The summed E-state index contributed by atoms with van der Waals surface area (Å²) in [5.41, 5.74) is 0. The van der Waals surface area contributed by atoms with E-state index in [0.29, 0.717) is 5.92 Å². The molecule has 0 aromatic rings. The lowest BCUT2D eigenvalue weighted by atomic mass is 9.95. The highest BCUT2D eigenvalue weighted by molar-refractivity contribution is 4.86. The van der Waals surface area contributed by atoms with Gasteiger partial charge in [0, 0.05) is 0 Å². The largest absolute Gasteiger partial charge is 0.389 e. The van der Waals surface area contributed by atoms with Crippen LogP contribution in [0.3, 0.4) is 0 Å². The second-order valence-corrected chi connectivity index (χ2v) is 4.76. The fourth-order valence-electron chi connectivity index (χ4n) is 1.71. The lowest BCUT2D eigenvalue weighted by molar-refractivity contribution is 0.186. The molecule has 0 aliphatic rings. The minimum Gasteiger partial charge on any atom is -0.389 e. The van der Waals surface area contributed by atoms with Gasteiger partial charge in [-0.05, 0) is 25.2 Å². The first-order valence-electron chi connectivity index (χ1n) is 5.87. The molecule has 1 nitrogen and oxygen atoms in total. The molecule has 0 aliphatic heterocycles. The first-order chi connectivity index (χ1) is 6.56. The minimum atomic E-state index is -0.242. The van der Waals surface area contributed by atoms with E-state index in [2.05, 4.69) is 20.8 Å². The first-order valence-corrected chi connectivity index (χ1v) is 5.87. The van der Waals surface area contributed by atoms with Crippen LogP contribution < -0.4 is 0 Å². The second kappa shape index (κ2) is 8.05. The molecule has 0 saturated heterocycles. The third-order valence-corrected chi connectivity index (χ3v) is 2.54. The third-order valence-electron chi connectivity index (χ3n) is 2.54. The van der Waals surface area contributed by atoms with Crippen molar-refractivity contribution in [3.63, 3.8) is 0 Å². The van der Waals surface area contributed by atoms with Crippen molar-refractivity contribution in [3.05, 3.63) is 12.2 Å². The molecule has 0 aliphatic carbocycles. The van der Waals surface area contributed by atoms with Gasteiger partial charge in [-0.2, -0.15) is 0 Å². The van der Waals surface area contributed by atoms with Crippen LogP contribution in [0.5, 0.6) is 0 Å². The summed E-state index contributed by atoms with van der Waals surface area (Å²) in [6, 6.07) is 0. The summed E-state index contributed by atoms with van der Waals surface area (Å²) in [6.45, 7) is 8.71. The van der Waals surface area contributed by atoms with Gasteiger partial charge >= 0.3 is 0 Å². The summed E-state index contributed by atoms with van der Waals surface area (Å²) < 4.78 is 0. The van der Waals surface area contributed by atoms with Crippen LogP contribution in [0, 0.1) is 11.8 Å². The van der Waals surface area contributed by atoms with Gasteiger partial charge in [0.2, 0.25) is 0 Å². The van der Waals surface area contributed by atoms with Crippen LogP contribution in [0.4, 0.5) is 0 Å². The van der Waals surface area contributed by atoms with Gasteiger partial charge in [0.25, 0.3) is 0 Å². The van der Waals surface area contributed by atoms with Crippen molar-refractivity contribution >= 4 is 0 Å². The molecule has 0 heterocycles. The lowest BCUT2D eigenvalue weighted by Gasteiger charge is -2.14. The summed E-state index contributed by atoms with van der Waals surface area (Å²) in [7, 11) is 0. The average Bonchev–Trinajstić information content (AvgIpc) is 2.03. The molecule has 0 aromatic carbocycles. The highest BCUT2D eigenvalue weighted by atomic mass is 16.3. The molecule has 2 atom stereocenters. The van der Waals surface area contributed by atoms with Crippen molar-refractivity contribution in [2.75, 3.05) is 0 Å². The molecular weight excluding hydrogens is 172 g/mol. The fourth-order valence-corrected chi connectivity index (χ4v) is 1.71. The molecule has 1 N–H and O–H groups in total. The van der Waals surface area contributed by atoms with E-state index in [4.69, 9.17) is 0 Å². The Labute approximate surface area is 89.2 Å². The summed E-state index contributed by atoms with van der Waals surface area (Å²) in [5, 5.41) is 9.54. The average molecular weight is 198 g/mol. The topological polar surface area (TPSA) is 20.2 Å². The maximum Gasteiger partial charge on any atom is 0.0723 e. The fraction of sp³-hybridized carbons (Fsp3) is 0.846. The molecule has 0 fully saturated rings. The SMILES string of the molecule is CC=CC(O)CC(C)CCCC(C)C. The predicted molar refractivity (Wildman–Crippen MR) is 63.3 cm³/mol. The first kappa shape index (κ1) is 13.7. The maximum atomic E-state index is 9.54. The van der Waals surface area contributed by atoms with Crippen LogP contribution in [0.1, 0.15) is 53.4 Å². The van der Waals surface area contributed by atoms with Gasteiger partial charge in [0.05, 0.1) is 6.10 Å². The lowest BCUT2D eigenvalue weighted by Crippen LogP contribution is -2.08. The van der Waals surface area contributed by atoms with E-state index in [0.717, 1.165) is 12.3 Å².